The van der Waals surface area contributed by atoms with Crippen LogP contribution in [-0.4, -0.2) is 20.7 Å². The number of para-hydroxylation sites is 1. The van der Waals surface area contributed by atoms with Crippen molar-refractivity contribution in [1.29, 1.82) is 5.26 Å². The monoisotopic (exact) mass is 415 g/mol. The quantitative estimate of drug-likeness (QED) is 0.529. The fraction of sp³-hybridized carbons (Fsp3) is 0.0435. The second-order valence-electron chi connectivity index (χ2n) is 6.57. The van der Waals surface area contributed by atoms with Gasteiger partial charge in [-0.2, -0.15) is 5.26 Å². The Morgan fingerprint density at radius 1 is 1.00 bits per heavy atom. The van der Waals surface area contributed by atoms with Crippen LogP contribution in [0.2, 0.25) is 0 Å². The molecule has 6 nitrogen and oxygen atoms in total. The van der Waals surface area contributed by atoms with Gasteiger partial charge in [-0.05, 0) is 18.2 Å². The van der Waals surface area contributed by atoms with Crippen LogP contribution in [0.25, 0.3) is 17.1 Å². The topological polar surface area (TPSA) is 83.6 Å². The minimum absolute atomic E-state index is 0.150. The zero-order valence-corrected chi connectivity index (χ0v) is 16.0. The first-order valence-corrected chi connectivity index (χ1v) is 9.30. The van der Waals surface area contributed by atoms with E-state index in [1.165, 1.54) is 4.68 Å². The summed E-state index contributed by atoms with van der Waals surface area (Å²) >= 11 is 0. The van der Waals surface area contributed by atoms with E-state index in [2.05, 4.69) is 15.4 Å². The van der Waals surface area contributed by atoms with E-state index in [0.717, 1.165) is 17.7 Å². The highest BCUT2D eigenvalue weighted by Crippen LogP contribution is 2.22. The van der Waals surface area contributed by atoms with E-state index in [-0.39, 0.29) is 11.4 Å². The fourth-order valence-electron chi connectivity index (χ4n) is 3.04. The molecule has 4 rings (SSSR count). The number of nitrogens with zero attached hydrogens (tertiary/aromatic N) is 4. The average molecular weight is 415 g/mol. The first-order valence-electron chi connectivity index (χ1n) is 9.30. The van der Waals surface area contributed by atoms with Crippen molar-refractivity contribution in [2.45, 2.75) is 6.04 Å². The summed E-state index contributed by atoms with van der Waals surface area (Å²) < 4.78 is 28.8. The number of nitrogens with one attached hydrogen (secondary N) is 1. The van der Waals surface area contributed by atoms with Crippen LogP contribution in [0.5, 0.6) is 0 Å². The van der Waals surface area contributed by atoms with Crippen LogP contribution >= 0.6 is 0 Å². The molecule has 4 aromatic rings. The largest absolute Gasteiger partial charge is 0.330 e. The van der Waals surface area contributed by atoms with Gasteiger partial charge >= 0.3 is 0 Å². The maximum atomic E-state index is 14.1. The lowest BCUT2D eigenvalue weighted by molar-refractivity contribution is 0.0934. The van der Waals surface area contributed by atoms with Gasteiger partial charge in [0.15, 0.2) is 5.82 Å². The Balaban J connectivity index is 1.70. The number of nitriles is 1. The predicted molar refractivity (Wildman–Crippen MR) is 109 cm³/mol. The molecule has 31 heavy (non-hydrogen) atoms. The summed E-state index contributed by atoms with van der Waals surface area (Å²) in [4.78, 5) is 17.1. The molecule has 0 radical (unpaired) electrons. The number of hydrogen-bond donors (Lipinski definition) is 1. The smallest absolute Gasteiger partial charge is 0.292 e. The minimum Gasteiger partial charge on any atom is -0.330 e. The Morgan fingerprint density at radius 2 is 1.68 bits per heavy atom. The first kappa shape index (κ1) is 19.9. The SMILES string of the molecule is N#CC(NC(=O)c1nc(-c2ccccc2)n(-c2ccccc2)n1)c1ccc(F)cc1F. The molecule has 1 N–H and O–H groups in total. The van der Waals surface area contributed by atoms with Gasteiger partial charge in [0.1, 0.15) is 17.7 Å². The van der Waals surface area contributed by atoms with Crippen LogP contribution in [0.3, 0.4) is 0 Å². The van der Waals surface area contributed by atoms with E-state index >= 15 is 0 Å². The van der Waals surface area contributed by atoms with Crippen LogP contribution in [-0.2, 0) is 0 Å². The maximum absolute atomic E-state index is 14.1. The molecule has 0 aliphatic heterocycles. The molecule has 0 fully saturated rings. The van der Waals surface area contributed by atoms with Crippen LogP contribution in [0, 0.1) is 23.0 Å². The van der Waals surface area contributed by atoms with Gasteiger partial charge in [-0.3, -0.25) is 4.79 Å². The number of halogens is 2. The Bertz CT molecular complexity index is 1210. The van der Waals surface area contributed by atoms with Gasteiger partial charge in [0, 0.05) is 17.2 Å². The van der Waals surface area contributed by atoms with Crippen molar-refractivity contribution in [3.05, 3.63) is 102 Å². The number of hydrogen-bond acceptors (Lipinski definition) is 4. The molecule has 152 valence electrons. The molecule has 3 aromatic carbocycles. The highest BCUT2D eigenvalue weighted by atomic mass is 19.1. The maximum Gasteiger partial charge on any atom is 0.292 e. The molecule has 0 saturated heterocycles. The van der Waals surface area contributed by atoms with E-state index in [1.807, 2.05) is 66.7 Å². The third kappa shape index (κ3) is 4.16. The Hall–Kier alpha value is -4.38. The number of carbonyl (C=O) groups excluding carboxylic acids is 1. The average Bonchev–Trinajstić information content (AvgIpc) is 3.25. The van der Waals surface area contributed by atoms with Crippen molar-refractivity contribution in [2.24, 2.45) is 0 Å². The predicted octanol–water partition coefficient (Wildman–Crippen LogP) is 4.21. The van der Waals surface area contributed by atoms with Crippen molar-refractivity contribution in [2.75, 3.05) is 0 Å². The summed E-state index contributed by atoms with van der Waals surface area (Å²) in [6, 6.07) is 21.6. The zero-order valence-electron chi connectivity index (χ0n) is 16.0. The molecule has 0 saturated carbocycles. The number of aromatic nitrogens is 3. The molecule has 1 heterocycles. The van der Waals surface area contributed by atoms with Gasteiger partial charge in [-0.25, -0.2) is 18.4 Å². The summed E-state index contributed by atoms with van der Waals surface area (Å²) in [5, 5.41) is 16.1. The number of rotatable bonds is 5. The lowest BCUT2D eigenvalue weighted by Crippen LogP contribution is -2.29. The van der Waals surface area contributed by atoms with Crippen LogP contribution in [0.1, 0.15) is 22.2 Å². The molecule has 0 bridgehead atoms. The Kier molecular flexibility index (Phi) is 5.49. The van der Waals surface area contributed by atoms with Crippen molar-refractivity contribution in [3.8, 4) is 23.1 Å². The number of amides is 1. The van der Waals surface area contributed by atoms with Gasteiger partial charge in [0.25, 0.3) is 5.91 Å². The molecule has 1 atom stereocenters. The van der Waals surface area contributed by atoms with Crippen molar-refractivity contribution < 1.29 is 13.6 Å². The lowest BCUT2D eigenvalue weighted by Gasteiger charge is -2.11. The van der Waals surface area contributed by atoms with Crippen LogP contribution in [0.15, 0.2) is 78.9 Å². The Labute approximate surface area is 176 Å². The van der Waals surface area contributed by atoms with Gasteiger partial charge < -0.3 is 5.32 Å². The summed E-state index contributed by atoms with van der Waals surface area (Å²) in [5.41, 5.74) is 1.27. The van der Waals surface area contributed by atoms with E-state index in [1.54, 1.807) is 0 Å². The third-order valence-corrected chi connectivity index (χ3v) is 4.52. The van der Waals surface area contributed by atoms with E-state index in [0.29, 0.717) is 17.6 Å². The summed E-state index contributed by atoms with van der Waals surface area (Å²) in [6.45, 7) is 0. The second-order valence-corrected chi connectivity index (χ2v) is 6.57. The molecular formula is C23H15F2N5O. The number of carbonyl (C=O) groups is 1. The summed E-state index contributed by atoms with van der Waals surface area (Å²) in [6.07, 6.45) is 0. The van der Waals surface area contributed by atoms with Gasteiger partial charge in [-0.1, -0.05) is 54.6 Å². The highest BCUT2D eigenvalue weighted by Gasteiger charge is 2.23. The summed E-state index contributed by atoms with van der Waals surface area (Å²) in [5.74, 6) is -2.23. The zero-order chi connectivity index (χ0) is 21.8. The molecule has 0 spiro atoms. The molecule has 0 aliphatic rings. The van der Waals surface area contributed by atoms with Crippen molar-refractivity contribution in [1.82, 2.24) is 20.1 Å². The standard InChI is InChI=1S/C23H15F2N5O/c24-16-11-12-18(19(25)13-16)20(14-26)27-23(31)21-28-22(15-7-3-1-4-8-15)30(29-21)17-9-5-2-6-10-17/h1-13,20H,(H,27,31). The lowest BCUT2D eigenvalue weighted by atomic mass is 10.1. The Morgan fingerprint density at radius 3 is 2.32 bits per heavy atom. The van der Waals surface area contributed by atoms with Crippen molar-refractivity contribution >= 4 is 5.91 Å². The highest BCUT2D eigenvalue weighted by molar-refractivity contribution is 5.91. The van der Waals surface area contributed by atoms with E-state index in [9.17, 15) is 18.8 Å². The normalized spacial score (nSPS) is 11.5. The third-order valence-electron chi connectivity index (χ3n) is 4.52. The second kappa shape index (κ2) is 8.55. The van der Waals surface area contributed by atoms with E-state index in [4.69, 9.17) is 0 Å². The minimum atomic E-state index is -1.34. The van der Waals surface area contributed by atoms with Gasteiger partial charge in [0.05, 0.1) is 11.8 Å². The first-order chi connectivity index (χ1) is 15.1. The molecule has 1 unspecified atom stereocenters. The number of benzene rings is 3. The molecule has 0 aliphatic carbocycles. The van der Waals surface area contributed by atoms with Gasteiger partial charge in [0.2, 0.25) is 5.82 Å². The van der Waals surface area contributed by atoms with Crippen molar-refractivity contribution in [3.63, 3.8) is 0 Å². The molecular weight excluding hydrogens is 400 g/mol. The van der Waals surface area contributed by atoms with Crippen LogP contribution in [0.4, 0.5) is 8.78 Å². The molecule has 1 amide bonds. The fourth-order valence-corrected chi connectivity index (χ4v) is 3.04. The van der Waals surface area contributed by atoms with E-state index < -0.39 is 23.6 Å². The molecule has 1 aromatic heterocycles. The van der Waals surface area contributed by atoms with Gasteiger partial charge in [-0.15, -0.1) is 5.10 Å². The van der Waals surface area contributed by atoms with Crippen LogP contribution < -0.4 is 5.32 Å². The molecule has 8 heteroatoms. The summed E-state index contributed by atoms with van der Waals surface area (Å²) in [7, 11) is 0.